The largest absolute Gasteiger partial charge is 0.280 e. The Morgan fingerprint density at radius 1 is 1.20 bits per heavy atom. The fourth-order valence-corrected chi connectivity index (χ4v) is 2.52. The van der Waals surface area contributed by atoms with E-state index in [1.165, 1.54) is 4.57 Å². The predicted molar refractivity (Wildman–Crippen MR) is 59.4 cm³/mol. The van der Waals surface area contributed by atoms with E-state index < -0.39 is 0 Å². The lowest BCUT2D eigenvalue weighted by molar-refractivity contribution is 0.0921. The number of benzene rings is 1. The van der Waals surface area contributed by atoms with Crippen LogP contribution in [0.2, 0.25) is 0 Å². The van der Waals surface area contributed by atoms with E-state index in [1.807, 2.05) is 24.3 Å². The lowest BCUT2D eigenvalue weighted by atomic mass is 10.2. The van der Waals surface area contributed by atoms with Gasteiger partial charge in [0, 0.05) is 5.39 Å². The van der Waals surface area contributed by atoms with Crippen LogP contribution in [0.25, 0.3) is 10.9 Å². The lowest BCUT2D eigenvalue weighted by Crippen LogP contribution is -2.23. The van der Waals surface area contributed by atoms with Gasteiger partial charge in [0.1, 0.15) is 5.69 Å². The van der Waals surface area contributed by atoms with Gasteiger partial charge >= 0.3 is 0 Å². The zero-order valence-corrected chi connectivity index (χ0v) is 8.58. The zero-order chi connectivity index (χ0) is 10.4. The zero-order valence-electron chi connectivity index (χ0n) is 7.77. The lowest BCUT2D eigenvalue weighted by Gasteiger charge is -2.12. The SMILES string of the molecule is O=C1SCC(=O)n2c1cc1ccccc12. The second kappa shape index (κ2) is 2.97. The Labute approximate surface area is 90.1 Å². The molecule has 0 amide bonds. The molecule has 0 fully saturated rings. The molecule has 0 N–H and O–H groups in total. The maximum absolute atomic E-state index is 11.7. The van der Waals surface area contributed by atoms with Crippen molar-refractivity contribution in [3.05, 3.63) is 36.0 Å². The van der Waals surface area contributed by atoms with Crippen LogP contribution in [0.5, 0.6) is 0 Å². The monoisotopic (exact) mass is 217 g/mol. The summed E-state index contributed by atoms with van der Waals surface area (Å²) < 4.78 is 1.52. The Morgan fingerprint density at radius 3 is 2.87 bits per heavy atom. The first-order valence-corrected chi connectivity index (χ1v) is 5.57. The fraction of sp³-hybridized carbons (Fsp3) is 0.0909. The van der Waals surface area contributed by atoms with Crippen molar-refractivity contribution in [3.8, 4) is 0 Å². The van der Waals surface area contributed by atoms with E-state index >= 15 is 0 Å². The molecule has 0 spiro atoms. The van der Waals surface area contributed by atoms with Gasteiger partial charge in [-0.15, -0.1) is 0 Å². The second-order valence-electron chi connectivity index (χ2n) is 3.39. The van der Waals surface area contributed by atoms with Crippen molar-refractivity contribution in [2.45, 2.75) is 0 Å². The first-order valence-electron chi connectivity index (χ1n) is 4.58. The molecule has 0 radical (unpaired) electrons. The summed E-state index contributed by atoms with van der Waals surface area (Å²) in [5, 5.41) is 0.919. The Morgan fingerprint density at radius 2 is 2.00 bits per heavy atom. The number of rotatable bonds is 0. The molecule has 1 aliphatic rings. The number of para-hydroxylation sites is 1. The summed E-state index contributed by atoms with van der Waals surface area (Å²) in [5.74, 6) is 0.223. The van der Waals surface area contributed by atoms with Crippen LogP contribution < -0.4 is 0 Å². The number of thioether (sulfide) groups is 1. The van der Waals surface area contributed by atoms with Gasteiger partial charge in [0.15, 0.2) is 0 Å². The van der Waals surface area contributed by atoms with E-state index in [0.717, 1.165) is 22.7 Å². The molecule has 0 atom stereocenters. The van der Waals surface area contributed by atoms with Gasteiger partial charge in [0.2, 0.25) is 11.0 Å². The van der Waals surface area contributed by atoms with Crippen LogP contribution in [-0.2, 0) is 0 Å². The highest BCUT2D eigenvalue weighted by Gasteiger charge is 2.25. The molecule has 4 heteroatoms. The third-order valence-corrected chi connectivity index (χ3v) is 3.36. The third-order valence-electron chi connectivity index (χ3n) is 2.50. The van der Waals surface area contributed by atoms with Crippen LogP contribution in [0.3, 0.4) is 0 Å². The summed E-state index contributed by atoms with van der Waals surface area (Å²) in [4.78, 5) is 23.3. The van der Waals surface area contributed by atoms with Gasteiger partial charge in [-0.25, -0.2) is 0 Å². The van der Waals surface area contributed by atoms with Gasteiger partial charge in [-0.2, -0.15) is 0 Å². The first kappa shape index (κ1) is 8.73. The van der Waals surface area contributed by atoms with Crippen molar-refractivity contribution < 1.29 is 9.59 Å². The van der Waals surface area contributed by atoms with Crippen molar-refractivity contribution in [3.63, 3.8) is 0 Å². The van der Waals surface area contributed by atoms with Crippen LogP contribution >= 0.6 is 11.8 Å². The maximum Gasteiger partial charge on any atom is 0.242 e. The van der Waals surface area contributed by atoms with Crippen LogP contribution in [0.15, 0.2) is 30.3 Å². The molecule has 1 aliphatic heterocycles. The third kappa shape index (κ3) is 1.15. The number of carbonyl (C=O) groups is 2. The Kier molecular flexibility index (Phi) is 1.73. The molecular weight excluding hydrogens is 210 g/mol. The molecule has 0 aliphatic carbocycles. The summed E-state index contributed by atoms with van der Waals surface area (Å²) in [6.45, 7) is 0. The van der Waals surface area contributed by atoms with Gasteiger partial charge in [-0.1, -0.05) is 30.0 Å². The number of hydrogen-bond donors (Lipinski definition) is 0. The van der Waals surface area contributed by atoms with Crippen LogP contribution in [0.4, 0.5) is 0 Å². The standard InChI is InChI=1S/C11H7NO2S/c13-10-6-15-11(14)9-5-7-3-1-2-4-8(7)12(9)10/h1-5H,6H2. The summed E-state index contributed by atoms with van der Waals surface area (Å²) >= 11 is 1.07. The molecule has 0 saturated heterocycles. The van der Waals surface area contributed by atoms with Crippen molar-refractivity contribution in [2.24, 2.45) is 0 Å². The molecule has 74 valence electrons. The van der Waals surface area contributed by atoms with Crippen LogP contribution in [-0.4, -0.2) is 21.3 Å². The van der Waals surface area contributed by atoms with E-state index in [0.29, 0.717) is 5.69 Å². The van der Waals surface area contributed by atoms with Gasteiger partial charge in [0.25, 0.3) is 0 Å². The second-order valence-corrected chi connectivity index (χ2v) is 4.34. The fourth-order valence-electron chi connectivity index (χ4n) is 1.84. The predicted octanol–water partition coefficient (Wildman–Crippen LogP) is 2.17. The highest BCUT2D eigenvalue weighted by molar-refractivity contribution is 8.14. The van der Waals surface area contributed by atoms with Gasteiger partial charge in [-0.05, 0) is 12.1 Å². The van der Waals surface area contributed by atoms with Crippen LogP contribution in [0.1, 0.15) is 15.3 Å². The molecule has 3 rings (SSSR count). The minimum atomic E-state index is -0.0224. The minimum absolute atomic E-state index is 0.0178. The van der Waals surface area contributed by atoms with Crippen molar-refractivity contribution in [2.75, 3.05) is 5.75 Å². The van der Waals surface area contributed by atoms with Gasteiger partial charge in [0.05, 0.1) is 11.3 Å². The van der Waals surface area contributed by atoms with E-state index in [1.54, 1.807) is 6.07 Å². The Bertz CT molecular complexity index is 585. The quantitative estimate of drug-likeness (QED) is 0.678. The molecule has 0 bridgehead atoms. The smallest absolute Gasteiger partial charge is 0.242 e. The van der Waals surface area contributed by atoms with Gasteiger partial charge in [-0.3, -0.25) is 14.2 Å². The molecule has 3 nitrogen and oxygen atoms in total. The van der Waals surface area contributed by atoms with Crippen molar-refractivity contribution >= 4 is 33.7 Å². The number of carbonyl (C=O) groups excluding carboxylic acids is 2. The topological polar surface area (TPSA) is 39.1 Å². The molecule has 0 saturated carbocycles. The molecule has 2 aromatic rings. The summed E-state index contributed by atoms with van der Waals surface area (Å²) in [6.07, 6.45) is 0. The van der Waals surface area contributed by atoms with Gasteiger partial charge < -0.3 is 0 Å². The van der Waals surface area contributed by atoms with Crippen molar-refractivity contribution in [1.82, 2.24) is 4.57 Å². The molecule has 2 heterocycles. The molecule has 15 heavy (non-hydrogen) atoms. The maximum atomic E-state index is 11.7. The Balaban J connectivity index is 2.44. The molecule has 1 aromatic heterocycles. The highest BCUT2D eigenvalue weighted by atomic mass is 32.2. The first-order chi connectivity index (χ1) is 7.27. The summed E-state index contributed by atoms with van der Waals surface area (Å²) in [6, 6.07) is 9.32. The average Bonchev–Trinajstić information content (AvgIpc) is 2.64. The number of nitrogens with zero attached hydrogens (tertiary/aromatic N) is 1. The van der Waals surface area contributed by atoms with E-state index in [4.69, 9.17) is 0 Å². The summed E-state index contributed by atoms with van der Waals surface area (Å²) in [5.41, 5.74) is 1.32. The Hall–Kier alpha value is -1.55. The van der Waals surface area contributed by atoms with Crippen molar-refractivity contribution in [1.29, 1.82) is 0 Å². The normalized spacial score (nSPS) is 15.7. The van der Waals surface area contributed by atoms with E-state index in [9.17, 15) is 9.59 Å². The average molecular weight is 217 g/mol. The van der Waals surface area contributed by atoms with E-state index in [-0.39, 0.29) is 16.8 Å². The molecular formula is C11H7NO2S. The number of aromatic nitrogens is 1. The summed E-state index contributed by atoms with van der Waals surface area (Å²) in [7, 11) is 0. The van der Waals surface area contributed by atoms with E-state index in [2.05, 4.69) is 0 Å². The van der Waals surface area contributed by atoms with Crippen LogP contribution in [0, 0.1) is 0 Å². The number of fused-ring (bicyclic) bond motifs is 3. The minimum Gasteiger partial charge on any atom is -0.280 e. The highest BCUT2D eigenvalue weighted by Crippen LogP contribution is 2.27. The number of hydrogen-bond acceptors (Lipinski definition) is 3. The molecule has 0 unspecified atom stereocenters. The molecule has 1 aromatic carbocycles.